The fourth-order valence-electron chi connectivity index (χ4n) is 1.70. The van der Waals surface area contributed by atoms with E-state index in [1.165, 1.54) is 12.1 Å². The van der Waals surface area contributed by atoms with Crippen LogP contribution in [-0.4, -0.2) is 22.2 Å². The average Bonchev–Trinajstić information content (AvgIpc) is 2.39. The Kier molecular flexibility index (Phi) is 3.93. The van der Waals surface area contributed by atoms with E-state index < -0.39 is 11.9 Å². The average molecular weight is 274 g/mol. The molecular formula is C14H11O4P. The lowest BCUT2D eigenvalue weighted by atomic mass is 10.2. The van der Waals surface area contributed by atoms with E-state index in [9.17, 15) is 9.59 Å². The molecule has 0 bridgehead atoms. The molecule has 0 aliphatic heterocycles. The molecule has 0 amide bonds. The zero-order valence-electron chi connectivity index (χ0n) is 9.83. The summed E-state index contributed by atoms with van der Waals surface area (Å²) in [6, 6.07) is 13.3. The van der Waals surface area contributed by atoms with E-state index in [-0.39, 0.29) is 19.7 Å². The molecule has 0 radical (unpaired) electrons. The third kappa shape index (κ3) is 2.98. The fourth-order valence-corrected chi connectivity index (χ4v) is 3.00. The first-order valence-electron chi connectivity index (χ1n) is 5.51. The molecule has 2 N–H and O–H groups in total. The SMILES string of the molecule is O=C(O)c1ccccc1Pc1ccccc1C(=O)O. The Morgan fingerprint density at radius 3 is 1.47 bits per heavy atom. The van der Waals surface area contributed by atoms with E-state index in [1.807, 2.05) is 0 Å². The molecule has 0 aromatic heterocycles. The molecule has 0 heterocycles. The number of carbonyl (C=O) groups is 2. The van der Waals surface area contributed by atoms with Gasteiger partial charge in [-0.2, -0.15) is 0 Å². The minimum atomic E-state index is -1.00. The Bertz CT molecular complexity index is 581. The van der Waals surface area contributed by atoms with Crippen LogP contribution in [0.4, 0.5) is 0 Å². The monoisotopic (exact) mass is 274 g/mol. The van der Waals surface area contributed by atoms with Crippen molar-refractivity contribution < 1.29 is 19.8 Å². The van der Waals surface area contributed by atoms with Gasteiger partial charge in [0.15, 0.2) is 0 Å². The topological polar surface area (TPSA) is 74.6 Å². The largest absolute Gasteiger partial charge is 0.478 e. The van der Waals surface area contributed by atoms with Gasteiger partial charge in [0, 0.05) is 0 Å². The summed E-state index contributed by atoms with van der Waals surface area (Å²) in [5.41, 5.74) is 0.419. The highest BCUT2D eigenvalue weighted by atomic mass is 31.1. The van der Waals surface area contributed by atoms with Crippen molar-refractivity contribution in [1.29, 1.82) is 0 Å². The standard InChI is InChI=1S/C14H11O4P/c15-13(16)9-5-1-3-7-11(9)19-12-8-4-2-6-10(12)14(17)18/h1-8,19H,(H,15,16)(H,17,18). The van der Waals surface area contributed by atoms with Crippen molar-refractivity contribution in [3.05, 3.63) is 59.7 Å². The molecule has 0 saturated heterocycles. The number of hydrogen-bond acceptors (Lipinski definition) is 2. The van der Waals surface area contributed by atoms with E-state index in [1.54, 1.807) is 36.4 Å². The third-order valence-corrected chi connectivity index (χ3v) is 3.99. The van der Waals surface area contributed by atoms with Crippen LogP contribution in [0.5, 0.6) is 0 Å². The molecular weight excluding hydrogens is 263 g/mol. The third-order valence-electron chi connectivity index (χ3n) is 2.58. The zero-order valence-corrected chi connectivity index (χ0v) is 10.8. The lowest BCUT2D eigenvalue weighted by Gasteiger charge is -2.08. The smallest absolute Gasteiger partial charge is 0.336 e. The molecule has 0 fully saturated rings. The maximum Gasteiger partial charge on any atom is 0.336 e. The van der Waals surface area contributed by atoms with E-state index >= 15 is 0 Å². The summed E-state index contributed by atoms with van der Waals surface area (Å²) in [4.78, 5) is 22.2. The van der Waals surface area contributed by atoms with Gasteiger partial charge in [-0.25, -0.2) is 9.59 Å². The Morgan fingerprint density at radius 2 is 1.11 bits per heavy atom. The minimum Gasteiger partial charge on any atom is -0.478 e. The molecule has 2 aromatic rings. The Balaban J connectivity index is 2.42. The Morgan fingerprint density at radius 1 is 0.737 bits per heavy atom. The minimum absolute atomic E-state index is 0.00170. The highest BCUT2D eigenvalue weighted by Crippen LogP contribution is 2.16. The van der Waals surface area contributed by atoms with Crippen molar-refractivity contribution in [3.8, 4) is 0 Å². The summed E-state index contributed by atoms with van der Waals surface area (Å²) < 4.78 is 0. The van der Waals surface area contributed by atoms with Gasteiger partial charge in [0.25, 0.3) is 0 Å². The number of carboxylic acid groups (broad SMARTS) is 2. The molecule has 0 aliphatic rings. The van der Waals surface area contributed by atoms with Gasteiger partial charge in [-0.1, -0.05) is 45.0 Å². The second-order valence-electron chi connectivity index (χ2n) is 3.83. The van der Waals surface area contributed by atoms with E-state index in [2.05, 4.69) is 0 Å². The predicted molar refractivity (Wildman–Crippen MR) is 74.4 cm³/mol. The number of benzene rings is 2. The molecule has 5 heteroatoms. The summed E-state index contributed by atoms with van der Waals surface area (Å²) in [7, 11) is -0.00170. The first-order chi connectivity index (χ1) is 9.09. The maximum atomic E-state index is 11.1. The maximum absolute atomic E-state index is 11.1. The Labute approximate surface area is 111 Å². The van der Waals surface area contributed by atoms with Gasteiger partial charge in [-0.3, -0.25) is 0 Å². The molecule has 4 nitrogen and oxygen atoms in total. The zero-order chi connectivity index (χ0) is 13.8. The highest BCUT2D eigenvalue weighted by molar-refractivity contribution is 7.56. The molecule has 0 saturated carbocycles. The molecule has 2 aromatic carbocycles. The first kappa shape index (κ1) is 13.2. The molecule has 0 aliphatic carbocycles. The number of carboxylic acids is 2. The van der Waals surface area contributed by atoms with Crippen molar-refractivity contribution in [3.63, 3.8) is 0 Å². The van der Waals surface area contributed by atoms with Crippen LogP contribution in [0.2, 0.25) is 0 Å². The van der Waals surface area contributed by atoms with Crippen LogP contribution in [-0.2, 0) is 0 Å². The van der Waals surface area contributed by atoms with Gasteiger partial charge in [0.2, 0.25) is 0 Å². The van der Waals surface area contributed by atoms with Crippen LogP contribution >= 0.6 is 8.58 Å². The van der Waals surface area contributed by atoms with Gasteiger partial charge in [-0.15, -0.1) is 0 Å². The highest BCUT2D eigenvalue weighted by Gasteiger charge is 2.13. The molecule has 2 rings (SSSR count). The summed E-state index contributed by atoms with van der Waals surface area (Å²) in [6.07, 6.45) is 0. The first-order valence-corrected chi connectivity index (χ1v) is 6.51. The molecule has 96 valence electrons. The van der Waals surface area contributed by atoms with Gasteiger partial charge in [0.1, 0.15) is 0 Å². The summed E-state index contributed by atoms with van der Waals surface area (Å²) in [6.45, 7) is 0. The van der Waals surface area contributed by atoms with Crippen LogP contribution in [0.25, 0.3) is 0 Å². The number of hydrogen-bond donors (Lipinski definition) is 2. The van der Waals surface area contributed by atoms with Crippen LogP contribution < -0.4 is 10.6 Å². The van der Waals surface area contributed by atoms with Crippen LogP contribution in [0.3, 0.4) is 0 Å². The number of rotatable bonds is 4. The molecule has 19 heavy (non-hydrogen) atoms. The number of aromatic carboxylic acids is 2. The second-order valence-corrected chi connectivity index (χ2v) is 5.15. The van der Waals surface area contributed by atoms with Crippen molar-refractivity contribution in [2.45, 2.75) is 0 Å². The van der Waals surface area contributed by atoms with Gasteiger partial charge in [-0.05, 0) is 22.7 Å². The molecule has 0 spiro atoms. The summed E-state index contributed by atoms with van der Waals surface area (Å²) >= 11 is 0. The van der Waals surface area contributed by atoms with Crippen LogP contribution in [0.1, 0.15) is 20.7 Å². The predicted octanol–water partition coefficient (Wildman–Crippen LogP) is 1.71. The van der Waals surface area contributed by atoms with Crippen molar-refractivity contribution in [2.24, 2.45) is 0 Å². The fraction of sp³-hybridized carbons (Fsp3) is 0. The molecule has 0 atom stereocenters. The second kappa shape index (κ2) is 5.63. The molecule has 0 unspecified atom stereocenters. The lowest BCUT2D eigenvalue weighted by Crippen LogP contribution is -2.17. The van der Waals surface area contributed by atoms with Crippen molar-refractivity contribution in [2.75, 3.05) is 0 Å². The Hall–Kier alpha value is -2.19. The summed E-state index contributed by atoms with van der Waals surface area (Å²) in [5, 5.41) is 19.5. The van der Waals surface area contributed by atoms with E-state index in [0.717, 1.165) is 0 Å². The van der Waals surface area contributed by atoms with Crippen LogP contribution in [0, 0.1) is 0 Å². The van der Waals surface area contributed by atoms with E-state index in [4.69, 9.17) is 10.2 Å². The van der Waals surface area contributed by atoms with Crippen molar-refractivity contribution in [1.82, 2.24) is 0 Å². The van der Waals surface area contributed by atoms with Crippen LogP contribution in [0.15, 0.2) is 48.5 Å². The van der Waals surface area contributed by atoms with Gasteiger partial charge in [0.05, 0.1) is 11.1 Å². The summed E-state index contributed by atoms with van der Waals surface area (Å²) in [5.74, 6) is -2.01. The lowest BCUT2D eigenvalue weighted by molar-refractivity contribution is 0.0688. The normalized spacial score (nSPS) is 10.1. The van der Waals surface area contributed by atoms with Gasteiger partial charge >= 0.3 is 11.9 Å². The van der Waals surface area contributed by atoms with Crippen molar-refractivity contribution >= 4 is 31.1 Å². The van der Waals surface area contributed by atoms with Gasteiger partial charge < -0.3 is 10.2 Å². The van der Waals surface area contributed by atoms with E-state index in [0.29, 0.717) is 10.6 Å². The quantitative estimate of drug-likeness (QED) is 0.832.